The molecule has 0 fully saturated rings. The van der Waals surface area contributed by atoms with Crippen LogP contribution >= 0.6 is 0 Å². The van der Waals surface area contributed by atoms with Crippen molar-refractivity contribution in [3.63, 3.8) is 0 Å². The number of hydrogen-bond donors (Lipinski definition) is 3. The molecule has 4 heteroatoms. The first-order chi connectivity index (χ1) is 9.69. The van der Waals surface area contributed by atoms with E-state index in [1.165, 1.54) is 0 Å². The molecule has 4 N–H and O–H groups in total. The van der Waals surface area contributed by atoms with Crippen molar-refractivity contribution in [1.82, 2.24) is 5.32 Å². The molecule has 0 bridgehead atoms. The number of aliphatic hydroxyl groups is 1. The molecule has 2 aromatic rings. The number of nitrogens with two attached hydrogens (primary N) is 1. The SMILES string of the molecule is Nc1ccc(CC(=O)N[C@@H](CO)c2ccccc2)cc1. The van der Waals surface area contributed by atoms with E-state index in [2.05, 4.69) is 5.32 Å². The maximum Gasteiger partial charge on any atom is 0.224 e. The first-order valence-corrected chi connectivity index (χ1v) is 6.48. The van der Waals surface area contributed by atoms with Crippen LogP contribution in [0, 0.1) is 0 Å². The van der Waals surface area contributed by atoms with E-state index in [4.69, 9.17) is 5.73 Å². The fourth-order valence-corrected chi connectivity index (χ4v) is 1.99. The molecule has 0 saturated carbocycles. The molecule has 104 valence electrons. The lowest BCUT2D eigenvalue weighted by molar-refractivity contribution is -0.121. The maximum atomic E-state index is 12.0. The Bertz CT molecular complexity index is 552. The van der Waals surface area contributed by atoms with Gasteiger partial charge in [-0.15, -0.1) is 0 Å². The number of nitrogens with one attached hydrogen (secondary N) is 1. The quantitative estimate of drug-likeness (QED) is 0.723. The normalized spacial score (nSPS) is 11.8. The smallest absolute Gasteiger partial charge is 0.224 e. The summed E-state index contributed by atoms with van der Waals surface area (Å²) in [6.45, 7) is -0.127. The number of aliphatic hydroxyl groups excluding tert-OH is 1. The Labute approximate surface area is 118 Å². The van der Waals surface area contributed by atoms with Crippen LogP contribution in [-0.2, 0) is 11.2 Å². The van der Waals surface area contributed by atoms with E-state index >= 15 is 0 Å². The van der Waals surface area contributed by atoms with Crippen molar-refractivity contribution in [2.24, 2.45) is 0 Å². The number of benzene rings is 2. The van der Waals surface area contributed by atoms with Gasteiger partial charge in [0.15, 0.2) is 0 Å². The van der Waals surface area contributed by atoms with Crippen LogP contribution in [0.5, 0.6) is 0 Å². The van der Waals surface area contributed by atoms with Crippen molar-refractivity contribution in [2.45, 2.75) is 12.5 Å². The molecule has 0 saturated heterocycles. The van der Waals surface area contributed by atoms with Gasteiger partial charge in [-0.1, -0.05) is 42.5 Å². The van der Waals surface area contributed by atoms with Gasteiger partial charge < -0.3 is 16.2 Å². The molecular weight excluding hydrogens is 252 g/mol. The van der Waals surface area contributed by atoms with Gasteiger partial charge in [0, 0.05) is 5.69 Å². The molecule has 1 atom stereocenters. The molecule has 20 heavy (non-hydrogen) atoms. The van der Waals surface area contributed by atoms with E-state index in [0.717, 1.165) is 11.1 Å². The number of carbonyl (C=O) groups excluding carboxylic acids is 1. The second-order valence-corrected chi connectivity index (χ2v) is 4.63. The van der Waals surface area contributed by atoms with E-state index < -0.39 is 0 Å². The molecule has 0 aliphatic carbocycles. The predicted molar refractivity (Wildman–Crippen MR) is 79.0 cm³/mol. The highest BCUT2D eigenvalue weighted by Gasteiger charge is 2.13. The Morgan fingerprint density at radius 1 is 1.10 bits per heavy atom. The summed E-state index contributed by atoms with van der Waals surface area (Å²) >= 11 is 0. The van der Waals surface area contributed by atoms with Gasteiger partial charge >= 0.3 is 0 Å². The fraction of sp³-hybridized carbons (Fsp3) is 0.188. The molecule has 0 aliphatic rings. The minimum Gasteiger partial charge on any atom is -0.399 e. The zero-order chi connectivity index (χ0) is 14.4. The molecule has 0 radical (unpaired) electrons. The lowest BCUT2D eigenvalue weighted by Crippen LogP contribution is -2.31. The molecule has 0 heterocycles. The average Bonchev–Trinajstić information content (AvgIpc) is 2.48. The topological polar surface area (TPSA) is 75.4 Å². The van der Waals surface area contributed by atoms with E-state index in [0.29, 0.717) is 5.69 Å². The van der Waals surface area contributed by atoms with Crippen LogP contribution in [0.25, 0.3) is 0 Å². The Morgan fingerprint density at radius 3 is 2.35 bits per heavy atom. The zero-order valence-electron chi connectivity index (χ0n) is 11.1. The molecule has 0 spiro atoms. The first-order valence-electron chi connectivity index (χ1n) is 6.48. The van der Waals surface area contributed by atoms with Crippen LogP contribution in [0.1, 0.15) is 17.2 Å². The Morgan fingerprint density at radius 2 is 1.75 bits per heavy atom. The van der Waals surface area contributed by atoms with Crippen molar-refractivity contribution in [3.05, 3.63) is 65.7 Å². The molecule has 1 amide bonds. The third-order valence-electron chi connectivity index (χ3n) is 3.06. The van der Waals surface area contributed by atoms with Gasteiger partial charge in [-0.3, -0.25) is 4.79 Å². The summed E-state index contributed by atoms with van der Waals surface area (Å²) in [5, 5.41) is 12.2. The van der Waals surface area contributed by atoms with Crippen LogP contribution in [-0.4, -0.2) is 17.6 Å². The number of anilines is 1. The number of hydrogen-bond acceptors (Lipinski definition) is 3. The highest BCUT2D eigenvalue weighted by molar-refractivity contribution is 5.79. The van der Waals surface area contributed by atoms with Gasteiger partial charge in [0.05, 0.1) is 19.1 Å². The lowest BCUT2D eigenvalue weighted by atomic mass is 10.1. The van der Waals surface area contributed by atoms with Gasteiger partial charge in [-0.25, -0.2) is 0 Å². The minimum absolute atomic E-state index is 0.127. The Kier molecular flexibility index (Phi) is 4.74. The lowest BCUT2D eigenvalue weighted by Gasteiger charge is -2.16. The van der Waals surface area contributed by atoms with E-state index in [1.807, 2.05) is 42.5 Å². The van der Waals surface area contributed by atoms with E-state index in [9.17, 15) is 9.90 Å². The molecule has 2 aromatic carbocycles. The summed E-state index contributed by atoms with van der Waals surface area (Å²) in [5.74, 6) is -0.127. The fourth-order valence-electron chi connectivity index (χ4n) is 1.99. The molecule has 4 nitrogen and oxygen atoms in total. The molecular formula is C16H18N2O2. The summed E-state index contributed by atoms with van der Waals surface area (Å²) in [7, 11) is 0. The average molecular weight is 270 g/mol. The van der Waals surface area contributed by atoms with E-state index in [1.54, 1.807) is 12.1 Å². The largest absolute Gasteiger partial charge is 0.399 e. The van der Waals surface area contributed by atoms with Crippen LogP contribution < -0.4 is 11.1 Å². The van der Waals surface area contributed by atoms with Gasteiger partial charge in [-0.2, -0.15) is 0 Å². The molecule has 0 aromatic heterocycles. The second-order valence-electron chi connectivity index (χ2n) is 4.63. The van der Waals surface area contributed by atoms with Gasteiger partial charge in [-0.05, 0) is 23.3 Å². The van der Waals surface area contributed by atoms with Crippen LogP contribution in [0.2, 0.25) is 0 Å². The van der Waals surface area contributed by atoms with E-state index in [-0.39, 0.29) is 25.0 Å². The maximum absolute atomic E-state index is 12.0. The third kappa shape index (κ3) is 3.83. The summed E-state index contributed by atoms with van der Waals surface area (Å²) in [6, 6.07) is 16.2. The van der Waals surface area contributed by atoms with Crippen molar-refractivity contribution in [3.8, 4) is 0 Å². The molecule has 0 unspecified atom stereocenters. The summed E-state index contributed by atoms with van der Waals surface area (Å²) in [4.78, 5) is 12.0. The molecule has 0 aliphatic heterocycles. The van der Waals surface area contributed by atoms with Gasteiger partial charge in [0.2, 0.25) is 5.91 Å². The highest BCUT2D eigenvalue weighted by Crippen LogP contribution is 2.12. The standard InChI is InChI=1S/C16H18N2O2/c17-14-8-6-12(7-9-14)10-16(20)18-15(11-19)13-4-2-1-3-5-13/h1-9,15,19H,10-11,17H2,(H,18,20)/t15-/m0/s1. The first kappa shape index (κ1) is 14.1. The van der Waals surface area contributed by atoms with Gasteiger partial charge in [0.25, 0.3) is 0 Å². The van der Waals surface area contributed by atoms with Crippen LogP contribution in [0.3, 0.4) is 0 Å². The Hall–Kier alpha value is -2.33. The van der Waals surface area contributed by atoms with Crippen LogP contribution in [0.4, 0.5) is 5.69 Å². The Balaban J connectivity index is 1.97. The number of amides is 1. The predicted octanol–water partition coefficient (Wildman–Crippen LogP) is 1.66. The monoisotopic (exact) mass is 270 g/mol. The summed E-state index contributed by atoms with van der Waals surface area (Å²) in [6.07, 6.45) is 0.267. The second kappa shape index (κ2) is 6.73. The van der Waals surface area contributed by atoms with Gasteiger partial charge in [0.1, 0.15) is 0 Å². The van der Waals surface area contributed by atoms with Crippen molar-refractivity contribution >= 4 is 11.6 Å². The number of carbonyl (C=O) groups is 1. The summed E-state index contributed by atoms with van der Waals surface area (Å²) < 4.78 is 0. The molecule has 2 rings (SSSR count). The van der Waals surface area contributed by atoms with Crippen molar-refractivity contribution in [2.75, 3.05) is 12.3 Å². The minimum atomic E-state index is -0.377. The summed E-state index contributed by atoms with van der Waals surface area (Å²) in [5.41, 5.74) is 8.05. The van der Waals surface area contributed by atoms with Crippen LogP contribution in [0.15, 0.2) is 54.6 Å². The van der Waals surface area contributed by atoms with Crippen molar-refractivity contribution in [1.29, 1.82) is 0 Å². The van der Waals surface area contributed by atoms with Crippen molar-refractivity contribution < 1.29 is 9.90 Å². The third-order valence-corrected chi connectivity index (χ3v) is 3.06. The zero-order valence-corrected chi connectivity index (χ0v) is 11.1. The number of nitrogen functional groups attached to an aromatic ring is 1. The highest BCUT2D eigenvalue weighted by atomic mass is 16.3. The number of rotatable bonds is 5.